The molecule has 0 bridgehead atoms. The Kier molecular flexibility index (Phi) is 5.46. The van der Waals surface area contributed by atoms with Crippen LogP contribution in [0.1, 0.15) is 44.0 Å². The first-order valence-electron chi connectivity index (χ1n) is 9.39. The lowest BCUT2D eigenvalue weighted by Gasteiger charge is -2.21. The molecule has 0 saturated heterocycles. The van der Waals surface area contributed by atoms with Gasteiger partial charge in [-0.3, -0.25) is 14.2 Å². The van der Waals surface area contributed by atoms with Gasteiger partial charge < -0.3 is 16.2 Å². The number of hydrogen-bond acceptors (Lipinski definition) is 7. The Morgan fingerprint density at radius 2 is 2.07 bits per heavy atom. The first-order valence-corrected chi connectivity index (χ1v) is 9.39. The maximum atomic E-state index is 13.2. The maximum Gasteiger partial charge on any atom is 0.270 e. The van der Waals surface area contributed by atoms with Crippen molar-refractivity contribution in [3.63, 3.8) is 0 Å². The normalized spacial score (nSPS) is 13.8. The second kappa shape index (κ2) is 7.60. The van der Waals surface area contributed by atoms with Crippen molar-refractivity contribution < 1.29 is 9.90 Å². The lowest BCUT2D eigenvalue weighted by atomic mass is 9.97. The van der Waals surface area contributed by atoms with Gasteiger partial charge in [0.2, 0.25) is 5.88 Å². The summed E-state index contributed by atoms with van der Waals surface area (Å²) in [5, 5.41) is 17.8. The van der Waals surface area contributed by atoms with Crippen LogP contribution in [0.2, 0.25) is 0 Å². The van der Waals surface area contributed by atoms with E-state index in [1.807, 2.05) is 20.8 Å². The Morgan fingerprint density at radius 1 is 1.37 bits per heavy atom. The third kappa shape index (κ3) is 4.09. The molecule has 30 heavy (non-hydrogen) atoms. The number of aromatic nitrogens is 5. The topological polar surface area (TPSA) is 140 Å². The molecular formula is C19H24ClN7O3. The van der Waals surface area contributed by atoms with Gasteiger partial charge in [0.1, 0.15) is 17.2 Å². The molecule has 0 radical (unpaired) electrons. The van der Waals surface area contributed by atoms with Crippen LogP contribution in [-0.2, 0) is 6.54 Å². The minimum absolute atomic E-state index is 0. The number of carbonyl (C=O) groups excluding carboxylic acids is 1. The zero-order valence-corrected chi connectivity index (χ0v) is 17.7. The summed E-state index contributed by atoms with van der Waals surface area (Å²) in [7, 11) is 0. The molecule has 0 aromatic carbocycles. The molecule has 1 amide bonds. The van der Waals surface area contributed by atoms with Crippen molar-refractivity contribution in [1.29, 1.82) is 0 Å². The molecule has 0 unspecified atom stereocenters. The van der Waals surface area contributed by atoms with Crippen LogP contribution in [0.15, 0.2) is 23.1 Å². The molecule has 4 N–H and O–H groups in total. The van der Waals surface area contributed by atoms with Crippen LogP contribution < -0.4 is 16.6 Å². The maximum absolute atomic E-state index is 13.2. The van der Waals surface area contributed by atoms with Crippen LogP contribution in [-0.4, -0.2) is 41.2 Å². The Hall–Kier alpha value is -3.14. The molecule has 3 heterocycles. The van der Waals surface area contributed by atoms with E-state index in [9.17, 15) is 14.7 Å². The Balaban J connectivity index is 0.00000256. The van der Waals surface area contributed by atoms with Gasteiger partial charge in [-0.1, -0.05) is 20.8 Å². The number of nitrogen functional groups attached to an aromatic ring is 1. The molecule has 10 nitrogen and oxygen atoms in total. The SMILES string of the molecule is CC(C)(C)Cn1c(=O)c(C(=O)NC2CC2)c(O)n2nc(-c3nccc(N)n3)cc12.Cl. The predicted molar refractivity (Wildman–Crippen MR) is 114 cm³/mol. The van der Waals surface area contributed by atoms with Crippen molar-refractivity contribution in [2.24, 2.45) is 5.41 Å². The van der Waals surface area contributed by atoms with Crippen LogP contribution in [0, 0.1) is 5.41 Å². The van der Waals surface area contributed by atoms with Crippen molar-refractivity contribution >= 4 is 29.8 Å². The molecule has 0 spiro atoms. The van der Waals surface area contributed by atoms with Crippen molar-refractivity contribution in [2.45, 2.75) is 46.2 Å². The summed E-state index contributed by atoms with van der Waals surface area (Å²) in [6.45, 7) is 6.25. The predicted octanol–water partition coefficient (Wildman–Crippen LogP) is 1.60. The quantitative estimate of drug-likeness (QED) is 0.567. The minimum Gasteiger partial charge on any atom is -0.492 e. The van der Waals surface area contributed by atoms with Gasteiger partial charge in [0.15, 0.2) is 11.4 Å². The van der Waals surface area contributed by atoms with Gasteiger partial charge in [-0.25, -0.2) is 9.97 Å². The number of halogens is 1. The highest BCUT2D eigenvalue weighted by Crippen LogP contribution is 2.25. The summed E-state index contributed by atoms with van der Waals surface area (Å²) < 4.78 is 2.63. The monoisotopic (exact) mass is 433 g/mol. The van der Waals surface area contributed by atoms with Gasteiger partial charge in [-0.05, 0) is 24.3 Å². The van der Waals surface area contributed by atoms with Crippen molar-refractivity contribution in [2.75, 3.05) is 5.73 Å². The van der Waals surface area contributed by atoms with E-state index in [0.29, 0.717) is 17.9 Å². The largest absolute Gasteiger partial charge is 0.492 e. The number of aromatic hydroxyl groups is 1. The van der Waals surface area contributed by atoms with Gasteiger partial charge in [-0.15, -0.1) is 12.4 Å². The number of nitrogens with one attached hydrogen (secondary N) is 1. The average Bonchev–Trinajstić information content (AvgIpc) is 3.31. The van der Waals surface area contributed by atoms with Crippen LogP contribution in [0.3, 0.4) is 0 Å². The lowest BCUT2D eigenvalue weighted by Crippen LogP contribution is -2.37. The second-order valence-corrected chi connectivity index (χ2v) is 8.50. The summed E-state index contributed by atoms with van der Waals surface area (Å²) in [5.41, 5.74) is 5.25. The highest BCUT2D eigenvalue weighted by atomic mass is 35.5. The van der Waals surface area contributed by atoms with Gasteiger partial charge in [0.05, 0.1) is 0 Å². The zero-order chi connectivity index (χ0) is 20.9. The highest BCUT2D eigenvalue weighted by Gasteiger charge is 2.30. The van der Waals surface area contributed by atoms with Crippen LogP contribution >= 0.6 is 12.4 Å². The number of fused-ring (bicyclic) bond motifs is 1. The van der Waals surface area contributed by atoms with Crippen LogP contribution in [0.4, 0.5) is 5.82 Å². The van der Waals surface area contributed by atoms with Crippen molar-refractivity contribution in [3.05, 3.63) is 34.2 Å². The summed E-state index contributed by atoms with van der Waals surface area (Å²) in [5.74, 6) is -0.583. The molecule has 1 aliphatic carbocycles. The molecular weight excluding hydrogens is 410 g/mol. The lowest BCUT2D eigenvalue weighted by molar-refractivity contribution is 0.0944. The third-order valence-corrected chi connectivity index (χ3v) is 4.53. The van der Waals surface area contributed by atoms with E-state index in [1.165, 1.54) is 15.3 Å². The molecule has 1 fully saturated rings. The fraction of sp³-hybridized carbons (Fsp3) is 0.421. The van der Waals surface area contributed by atoms with E-state index in [4.69, 9.17) is 5.73 Å². The standard InChI is InChI=1S/C19H23N7O3.ClH/c1-19(2,3)9-25-13-8-11(15-21-7-6-12(20)23-15)24-26(13)18(29)14(17(25)28)16(27)22-10-4-5-10;/h6-8,10,29H,4-5,9H2,1-3H3,(H,22,27)(H2,20,21,23);1H. The smallest absolute Gasteiger partial charge is 0.270 e. The number of carbonyl (C=O) groups is 1. The Labute approximate surface area is 178 Å². The zero-order valence-electron chi connectivity index (χ0n) is 16.9. The van der Waals surface area contributed by atoms with Crippen LogP contribution in [0.25, 0.3) is 17.2 Å². The summed E-state index contributed by atoms with van der Waals surface area (Å²) in [6.07, 6.45) is 3.23. The van der Waals surface area contributed by atoms with E-state index in [2.05, 4.69) is 20.4 Å². The van der Waals surface area contributed by atoms with Gasteiger partial charge >= 0.3 is 0 Å². The minimum atomic E-state index is -0.600. The third-order valence-electron chi connectivity index (χ3n) is 4.53. The van der Waals surface area contributed by atoms with E-state index < -0.39 is 17.3 Å². The number of hydrogen-bond donors (Lipinski definition) is 3. The number of nitrogens with two attached hydrogens (primary N) is 1. The van der Waals surface area contributed by atoms with Crippen molar-refractivity contribution in [3.8, 4) is 17.4 Å². The van der Waals surface area contributed by atoms with Gasteiger partial charge in [0, 0.05) is 24.8 Å². The number of nitrogens with zero attached hydrogens (tertiary/aromatic N) is 5. The van der Waals surface area contributed by atoms with Crippen molar-refractivity contribution in [1.82, 2.24) is 29.5 Å². The van der Waals surface area contributed by atoms with Crippen LogP contribution in [0.5, 0.6) is 5.88 Å². The molecule has 160 valence electrons. The van der Waals surface area contributed by atoms with E-state index in [0.717, 1.165) is 12.8 Å². The fourth-order valence-electron chi connectivity index (χ4n) is 3.08. The van der Waals surface area contributed by atoms with E-state index >= 15 is 0 Å². The summed E-state index contributed by atoms with van der Waals surface area (Å²) in [6, 6.07) is 3.19. The summed E-state index contributed by atoms with van der Waals surface area (Å²) >= 11 is 0. The highest BCUT2D eigenvalue weighted by molar-refractivity contribution is 5.96. The first kappa shape index (κ1) is 21.6. The molecule has 0 aliphatic heterocycles. The van der Waals surface area contributed by atoms with Gasteiger partial charge in [-0.2, -0.15) is 9.61 Å². The molecule has 3 aromatic rings. The molecule has 1 saturated carbocycles. The first-order chi connectivity index (χ1) is 13.6. The average molecular weight is 434 g/mol. The molecule has 11 heteroatoms. The number of rotatable bonds is 4. The summed E-state index contributed by atoms with van der Waals surface area (Å²) in [4.78, 5) is 34.1. The second-order valence-electron chi connectivity index (χ2n) is 8.50. The number of anilines is 1. The Morgan fingerprint density at radius 3 is 2.67 bits per heavy atom. The van der Waals surface area contributed by atoms with E-state index in [1.54, 1.807) is 12.1 Å². The molecule has 4 rings (SSSR count). The Bertz CT molecular complexity index is 1180. The molecule has 0 atom stereocenters. The van der Waals surface area contributed by atoms with E-state index in [-0.39, 0.29) is 41.1 Å². The molecule has 3 aromatic heterocycles. The van der Waals surface area contributed by atoms with Gasteiger partial charge in [0.25, 0.3) is 11.5 Å². The molecule has 1 aliphatic rings. The fourth-order valence-corrected chi connectivity index (χ4v) is 3.08. The number of amides is 1.